The van der Waals surface area contributed by atoms with Crippen LogP contribution in [0.2, 0.25) is 0 Å². The molecule has 5 rings (SSSR count). The first kappa shape index (κ1) is 26.9. The van der Waals surface area contributed by atoms with Gasteiger partial charge in [-0.2, -0.15) is 0 Å². The van der Waals surface area contributed by atoms with Crippen LogP contribution in [0.4, 0.5) is 0 Å². The van der Waals surface area contributed by atoms with Gasteiger partial charge in [0.15, 0.2) is 11.5 Å². The first-order valence-electron chi connectivity index (χ1n) is 13.4. The zero-order chi connectivity index (χ0) is 27.4. The molecule has 1 atom stereocenters. The van der Waals surface area contributed by atoms with Gasteiger partial charge in [-0.3, -0.25) is 24.3 Å². The molecule has 3 aromatic carbocycles. The van der Waals surface area contributed by atoms with Crippen molar-refractivity contribution in [1.29, 1.82) is 0 Å². The second-order valence-corrected chi connectivity index (χ2v) is 10.1. The summed E-state index contributed by atoms with van der Waals surface area (Å²) in [6, 6.07) is 16.9. The van der Waals surface area contributed by atoms with Gasteiger partial charge >= 0.3 is 0 Å². The summed E-state index contributed by atoms with van der Waals surface area (Å²) in [4.78, 5) is 32.1. The van der Waals surface area contributed by atoms with E-state index in [2.05, 4.69) is 16.4 Å². The quantitative estimate of drug-likeness (QED) is 0.302. The van der Waals surface area contributed by atoms with Crippen molar-refractivity contribution in [2.24, 2.45) is 0 Å². The van der Waals surface area contributed by atoms with Crippen LogP contribution >= 0.6 is 0 Å². The summed E-state index contributed by atoms with van der Waals surface area (Å²) < 4.78 is 11.3. The van der Waals surface area contributed by atoms with Crippen molar-refractivity contribution in [3.05, 3.63) is 83.9 Å². The van der Waals surface area contributed by atoms with Gasteiger partial charge in [-0.15, -0.1) is 6.58 Å². The highest BCUT2D eigenvalue weighted by atomic mass is 16.5. The number of hydrogen-bond acceptors (Lipinski definition) is 7. The number of aliphatic hydroxyl groups is 1. The van der Waals surface area contributed by atoms with Gasteiger partial charge in [0.1, 0.15) is 12.7 Å². The number of ether oxygens (including phenoxy) is 2. The minimum Gasteiger partial charge on any atom is -0.493 e. The number of β-amino-alcohol motifs (C(OH)–C–C–N with tert-alkyl or cyclic N) is 1. The molecule has 39 heavy (non-hydrogen) atoms. The summed E-state index contributed by atoms with van der Waals surface area (Å²) in [5.41, 5.74) is 2.27. The lowest BCUT2D eigenvalue weighted by Gasteiger charge is -2.36. The lowest BCUT2D eigenvalue weighted by molar-refractivity contribution is 0.0411. The number of carbonyl (C=O) groups is 2. The van der Waals surface area contributed by atoms with E-state index in [1.54, 1.807) is 19.2 Å². The van der Waals surface area contributed by atoms with Gasteiger partial charge in [0, 0.05) is 62.3 Å². The summed E-state index contributed by atoms with van der Waals surface area (Å²) >= 11 is 0. The van der Waals surface area contributed by atoms with Gasteiger partial charge in [-0.25, -0.2) is 0 Å². The predicted molar refractivity (Wildman–Crippen MR) is 151 cm³/mol. The largest absolute Gasteiger partial charge is 0.493 e. The third-order valence-electron chi connectivity index (χ3n) is 7.47. The Morgan fingerprint density at radius 2 is 1.59 bits per heavy atom. The molecule has 0 radical (unpaired) electrons. The van der Waals surface area contributed by atoms with Crippen LogP contribution in [-0.4, -0.2) is 97.3 Å². The van der Waals surface area contributed by atoms with Gasteiger partial charge in [0.2, 0.25) is 0 Å². The number of aliphatic hydroxyl groups excluding tert-OH is 1. The van der Waals surface area contributed by atoms with Crippen molar-refractivity contribution in [2.45, 2.75) is 12.5 Å². The first-order chi connectivity index (χ1) is 19.0. The van der Waals surface area contributed by atoms with E-state index in [1.807, 2.05) is 48.5 Å². The molecule has 1 unspecified atom stereocenters. The maximum atomic E-state index is 13.1. The third kappa shape index (κ3) is 5.83. The van der Waals surface area contributed by atoms with E-state index in [0.717, 1.165) is 48.9 Å². The molecule has 0 spiro atoms. The lowest BCUT2D eigenvalue weighted by Crippen LogP contribution is -2.51. The van der Waals surface area contributed by atoms with Crippen LogP contribution in [0.1, 0.15) is 26.3 Å². The summed E-state index contributed by atoms with van der Waals surface area (Å²) in [6.07, 6.45) is 1.95. The van der Waals surface area contributed by atoms with Gasteiger partial charge in [0.05, 0.1) is 7.11 Å². The highest BCUT2D eigenvalue weighted by Crippen LogP contribution is 2.30. The van der Waals surface area contributed by atoms with Crippen molar-refractivity contribution < 1.29 is 24.2 Å². The molecule has 0 bridgehead atoms. The number of imide groups is 1. The van der Waals surface area contributed by atoms with Gasteiger partial charge < -0.3 is 14.6 Å². The lowest BCUT2D eigenvalue weighted by atomic mass is 9.94. The smallest absolute Gasteiger partial charge is 0.261 e. The number of carbonyl (C=O) groups excluding carboxylic acids is 2. The van der Waals surface area contributed by atoms with E-state index in [4.69, 9.17) is 9.47 Å². The highest BCUT2D eigenvalue weighted by molar-refractivity contribution is 6.25. The Balaban J connectivity index is 1.08. The SMILES string of the molecule is C=CCc1ccc(OCC(O)CN2CCN(CCN3C(=O)c4cccc5cccc(c45)C3=O)CC2)c(OC)c1. The van der Waals surface area contributed by atoms with Gasteiger partial charge in [-0.1, -0.05) is 36.4 Å². The van der Waals surface area contributed by atoms with Gasteiger partial charge in [-0.05, 0) is 41.6 Å². The normalized spacial score (nSPS) is 16.9. The van der Waals surface area contributed by atoms with Crippen LogP contribution in [0, 0.1) is 0 Å². The molecule has 2 aliphatic heterocycles. The van der Waals surface area contributed by atoms with Crippen LogP contribution in [0.15, 0.2) is 67.3 Å². The second kappa shape index (κ2) is 12.0. The van der Waals surface area contributed by atoms with Crippen molar-refractivity contribution in [2.75, 3.05) is 59.5 Å². The number of allylic oxidation sites excluding steroid dienone is 1. The average molecular weight is 530 g/mol. The summed E-state index contributed by atoms with van der Waals surface area (Å²) in [5, 5.41) is 12.3. The van der Waals surface area contributed by atoms with Crippen LogP contribution in [-0.2, 0) is 6.42 Å². The molecule has 1 saturated heterocycles. The number of benzene rings is 3. The average Bonchev–Trinajstić information content (AvgIpc) is 2.96. The minimum absolute atomic E-state index is 0.171. The van der Waals surface area contributed by atoms with Crippen LogP contribution in [0.5, 0.6) is 11.5 Å². The zero-order valence-corrected chi connectivity index (χ0v) is 22.3. The monoisotopic (exact) mass is 529 g/mol. The molecule has 1 N–H and O–H groups in total. The number of amides is 2. The second-order valence-electron chi connectivity index (χ2n) is 10.1. The van der Waals surface area contributed by atoms with Gasteiger partial charge in [0.25, 0.3) is 11.8 Å². The van der Waals surface area contributed by atoms with Crippen molar-refractivity contribution in [1.82, 2.24) is 14.7 Å². The minimum atomic E-state index is -0.638. The van der Waals surface area contributed by atoms with Crippen molar-refractivity contribution in [3.63, 3.8) is 0 Å². The molecule has 0 aliphatic carbocycles. The van der Waals surface area contributed by atoms with Crippen LogP contribution in [0.25, 0.3) is 10.8 Å². The summed E-state index contributed by atoms with van der Waals surface area (Å²) in [6.45, 7) is 8.60. The molecular weight excluding hydrogens is 494 g/mol. The molecule has 0 aromatic heterocycles. The fourth-order valence-corrected chi connectivity index (χ4v) is 5.38. The summed E-state index contributed by atoms with van der Waals surface area (Å²) in [5.74, 6) is 0.798. The molecule has 1 fully saturated rings. The van der Waals surface area contributed by atoms with E-state index < -0.39 is 6.10 Å². The maximum Gasteiger partial charge on any atom is 0.261 e. The van der Waals surface area contributed by atoms with E-state index in [-0.39, 0.29) is 18.4 Å². The standard InChI is InChI=1S/C31H35N3O5/c1-3-6-22-11-12-27(28(19-22)38-2)39-21-24(35)20-33-15-13-32(14-16-33)17-18-34-30(36)25-9-4-7-23-8-5-10-26(29(23)25)31(34)37/h3-5,7-12,19,24,35H,1,6,13-18,20-21H2,2H3. The Labute approximate surface area is 229 Å². The Morgan fingerprint density at radius 1 is 0.923 bits per heavy atom. The molecule has 0 saturated carbocycles. The molecule has 8 nitrogen and oxygen atoms in total. The predicted octanol–water partition coefficient (Wildman–Crippen LogP) is 3.23. The number of nitrogens with zero attached hydrogens (tertiary/aromatic N) is 3. The zero-order valence-electron chi connectivity index (χ0n) is 22.3. The van der Waals surface area contributed by atoms with E-state index in [9.17, 15) is 14.7 Å². The number of methoxy groups -OCH3 is 1. The van der Waals surface area contributed by atoms with E-state index in [0.29, 0.717) is 42.3 Å². The molecule has 204 valence electrons. The number of hydrogen-bond donors (Lipinski definition) is 1. The first-order valence-corrected chi connectivity index (χ1v) is 13.4. The number of rotatable bonds is 11. The van der Waals surface area contributed by atoms with Crippen molar-refractivity contribution in [3.8, 4) is 11.5 Å². The molecule has 2 heterocycles. The fraction of sp³-hybridized carbons (Fsp3) is 0.355. The van der Waals surface area contributed by atoms with Crippen molar-refractivity contribution >= 4 is 22.6 Å². The molecule has 8 heteroatoms. The molecule has 2 amide bonds. The third-order valence-corrected chi connectivity index (χ3v) is 7.47. The Morgan fingerprint density at radius 3 is 2.23 bits per heavy atom. The Bertz CT molecular complexity index is 1310. The van der Waals surface area contributed by atoms with E-state index >= 15 is 0 Å². The topological polar surface area (TPSA) is 82.6 Å². The molecule has 2 aliphatic rings. The van der Waals surface area contributed by atoms with Crippen LogP contribution < -0.4 is 9.47 Å². The molecule has 3 aromatic rings. The number of piperazine rings is 1. The molecular formula is C31H35N3O5. The maximum absolute atomic E-state index is 13.1. The Kier molecular flexibility index (Phi) is 8.26. The highest BCUT2D eigenvalue weighted by Gasteiger charge is 2.33. The summed E-state index contributed by atoms with van der Waals surface area (Å²) in [7, 11) is 1.60. The fourth-order valence-electron chi connectivity index (χ4n) is 5.38. The Hall–Kier alpha value is -3.72. The van der Waals surface area contributed by atoms with Crippen LogP contribution in [0.3, 0.4) is 0 Å². The van der Waals surface area contributed by atoms with E-state index in [1.165, 1.54) is 4.90 Å².